The highest BCUT2D eigenvalue weighted by Crippen LogP contribution is 2.76. The normalized spacial score (nSPS) is 53.1. The van der Waals surface area contributed by atoms with E-state index in [2.05, 4.69) is 13.8 Å². The number of Topliss-reactive ketones (excluding diaryl/α,β-unsaturated/α-hetero) is 1. The Kier molecular flexibility index (Phi) is 5.30. The molecule has 6 saturated carbocycles. The number of esters is 1. The Morgan fingerprint density at radius 3 is 2.23 bits per heavy atom. The summed E-state index contributed by atoms with van der Waals surface area (Å²) in [6.07, 6.45) is 10.9. The van der Waals surface area contributed by atoms with Gasteiger partial charge in [0.05, 0.1) is 12.2 Å². The fourth-order valence-electron chi connectivity index (χ4n) is 11.6. The van der Waals surface area contributed by atoms with Crippen LogP contribution in [-0.2, 0) is 14.3 Å². The van der Waals surface area contributed by atoms with E-state index in [1.54, 1.807) is 13.0 Å². The van der Waals surface area contributed by atoms with Crippen LogP contribution in [0.25, 0.3) is 0 Å². The summed E-state index contributed by atoms with van der Waals surface area (Å²) in [5.74, 6) is -0.520. The molecule has 0 unspecified atom stereocenters. The second-order valence-electron chi connectivity index (χ2n) is 15.5. The SMILES string of the molecule is CC1=C[C@H]2[C@@]3(O)[C@H](C)C[C@]4(OC(=O)[C@@H](N)[C@]56C[C@H]7C[C@H](C[C@H](C7)C5)C6)[C@@H]([C@@H]3C=C(CO)C[C@]2(O)C1=O)C4(C)C. The van der Waals surface area contributed by atoms with Crippen LogP contribution in [0.5, 0.6) is 0 Å². The van der Waals surface area contributed by atoms with Crippen molar-refractivity contribution in [1.29, 1.82) is 0 Å². The van der Waals surface area contributed by atoms with Crippen LogP contribution < -0.4 is 5.73 Å². The third-order valence-electron chi connectivity index (χ3n) is 13.2. The Labute approximate surface area is 231 Å². The highest BCUT2D eigenvalue weighted by atomic mass is 16.6. The Morgan fingerprint density at radius 2 is 1.67 bits per heavy atom. The van der Waals surface area contributed by atoms with Crippen LogP contribution >= 0.6 is 0 Å². The topological polar surface area (TPSA) is 130 Å². The maximum absolute atomic E-state index is 13.9. The zero-order chi connectivity index (χ0) is 27.9. The third kappa shape index (κ3) is 3.14. The summed E-state index contributed by atoms with van der Waals surface area (Å²) in [6.45, 7) is 7.49. The van der Waals surface area contributed by atoms with Gasteiger partial charge in [-0.05, 0) is 92.1 Å². The van der Waals surface area contributed by atoms with Gasteiger partial charge in [-0.3, -0.25) is 9.59 Å². The number of ketones is 1. The number of fused-ring (bicyclic) bond motifs is 5. The van der Waals surface area contributed by atoms with Gasteiger partial charge in [0, 0.05) is 29.6 Å². The van der Waals surface area contributed by atoms with Gasteiger partial charge in [0.25, 0.3) is 0 Å². The molecule has 8 aliphatic carbocycles. The summed E-state index contributed by atoms with van der Waals surface area (Å²) in [5.41, 5.74) is 3.23. The molecule has 214 valence electrons. The van der Waals surface area contributed by atoms with Crippen LogP contribution in [0.2, 0.25) is 0 Å². The number of hydrogen-bond donors (Lipinski definition) is 4. The lowest BCUT2D eigenvalue weighted by Crippen LogP contribution is -2.62. The number of carbonyl (C=O) groups is 2. The highest BCUT2D eigenvalue weighted by molar-refractivity contribution is 6.04. The van der Waals surface area contributed by atoms with Gasteiger partial charge in [0.1, 0.15) is 17.2 Å². The number of carbonyl (C=O) groups excluding carboxylic acids is 2. The first-order valence-corrected chi connectivity index (χ1v) is 15.2. The Balaban J connectivity index is 1.22. The molecule has 8 aliphatic rings. The van der Waals surface area contributed by atoms with Gasteiger partial charge in [-0.25, -0.2) is 0 Å². The number of aliphatic hydroxyl groups excluding tert-OH is 1. The molecule has 8 rings (SSSR count). The van der Waals surface area contributed by atoms with E-state index in [0.717, 1.165) is 19.3 Å². The summed E-state index contributed by atoms with van der Waals surface area (Å²) in [5, 5.41) is 34.4. The first kappa shape index (κ1) is 26.4. The molecule has 0 radical (unpaired) electrons. The van der Waals surface area contributed by atoms with Crippen LogP contribution in [-0.4, -0.2) is 56.5 Å². The fourth-order valence-corrected chi connectivity index (χ4v) is 11.6. The van der Waals surface area contributed by atoms with Crippen molar-refractivity contribution in [3.63, 3.8) is 0 Å². The van der Waals surface area contributed by atoms with Crippen molar-refractivity contribution >= 4 is 11.8 Å². The molecular formula is C32H45NO6. The quantitative estimate of drug-likeness (QED) is 0.319. The molecule has 6 fully saturated rings. The second kappa shape index (κ2) is 7.84. The summed E-state index contributed by atoms with van der Waals surface area (Å²) < 4.78 is 6.56. The first-order valence-electron chi connectivity index (χ1n) is 15.2. The van der Waals surface area contributed by atoms with E-state index < -0.39 is 40.1 Å². The second-order valence-corrected chi connectivity index (χ2v) is 15.5. The van der Waals surface area contributed by atoms with Gasteiger partial charge in [0.2, 0.25) is 0 Å². The van der Waals surface area contributed by atoms with Crippen molar-refractivity contribution in [2.24, 2.45) is 58.0 Å². The van der Waals surface area contributed by atoms with E-state index in [1.165, 1.54) is 19.3 Å². The van der Waals surface area contributed by atoms with E-state index in [0.29, 0.717) is 35.3 Å². The number of rotatable bonds is 4. The molecule has 0 aromatic rings. The average molecular weight is 540 g/mol. The van der Waals surface area contributed by atoms with Crippen LogP contribution in [0.3, 0.4) is 0 Å². The van der Waals surface area contributed by atoms with Crippen LogP contribution in [0.15, 0.2) is 23.3 Å². The monoisotopic (exact) mass is 539 g/mol. The maximum Gasteiger partial charge on any atom is 0.324 e. The number of nitrogens with two attached hydrogens (primary N) is 1. The molecular weight excluding hydrogens is 494 g/mol. The largest absolute Gasteiger partial charge is 0.457 e. The summed E-state index contributed by atoms with van der Waals surface area (Å²) in [4.78, 5) is 27.1. The van der Waals surface area contributed by atoms with E-state index >= 15 is 0 Å². The zero-order valence-electron chi connectivity index (χ0n) is 23.8. The van der Waals surface area contributed by atoms with Crippen LogP contribution in [0.1, 0.15) is 79.1 Å². The van der Waals surface area contributed by atoms with E-state index in [9.17, 15) is 24.9 Å². The molecule has 4 bridgehead atoms. The summed E-state index contributed by atoms with van der Waals surface area (Å²) in [6, 6.07) is -0.644. The first-order chi connectivity index (χ1) is 18.2. The van der Waals surface area contributed by atoms with Crippen molar-refractivity contribution in [3.8, 4) is 0 Å². The predicted octanol–water partition coefficient (Wildman–Crippen LogP) is 3.05. The van der Waals surface area contributed by atoms with Crippen molar-refractivity contribution in [2.75, 3.05) is 6.61 Å². The number of aliphatic hydroxyl groups is 3. The minimum Gasteiger partial charge on any atom is -0.457 e. The van der Waals surface area contributed by atoms with Crippen LogP contribution in [0.4, 0.5) is 0 Å². The van der Waals surface area contributed by atoms with Crippen molar-refractivity contribution in [2.45, 2.75) is 102 Å². The van der Waals surface area contributed by atoms with Gasteiger partial charge in [-0.1, -0.05) is 32.9 Å². The average Bonchev–Trinajstić information content (AvgIpc) is 3.26. The van der Waals surface area contributed by atoms with Gasteiger partial charge < -0.3 is 25.8 Å². The molecule has 39 heavy (non-hydrogen) atoms. The van der Waals surface area contributed by atoms with Gasteiger partial charge in [-0.15, -0.1) is 0 Å². The van der Waals surface area contributed by atoms with Gasteiger partial charge >= 0.3 is 5.97 Å². The number of hydrogen-bond acceptors (Lipinski definition) is 7. The van der Waals surface area contributed by atoms with Gasteiger partial charge in [-0.2, -0.15) is 0 Å². The predicted molar refractivity (Wildman–Crippen MR) is 144 cm³/mol. The standard InChI is InChI=1S/C32H45NO6/c1-16-5-23-30(37,26(16)35)14-21(15-34)9-22-24-28(3,4)31(24,10-17(2)32(22,23)38)39-27(36)25(33)29-11-18-6-19(12-29)8-20(7-18)13-29/h5,9,17-20,22-25,34,37-38H,6-8,10-15,33H2,1-4H3/t17-,18-,19+,20-,22+,23-,24+,25-,29-,30-,31+,32-/m1/s1. The minimum atomic E-state index is -1.78. The minimum absolute atomic E-state index is 0.0107. The van der Waals surface area contributed by atoms with Crippen molar-refractivity contribution in [1.82, 2.24) is 0 Å². The van der Waals surface area contributed by atoms with Crippen molar-refractivity contribution in [3.05, 3.63) is 23.3 Å². The molecule has 0 aromatic carbocycles. The fraction of sp³-hybridized carbons (Fsp3) is 0.812. The lowest BCUT2D eigenvalue weighted by Gasteiger charge is -2.58. The van der Waals surface area contributed by atoms with Crippen molar-refractivity contribution < 1.29 is 29.6 Å². The molecule has 8 atom stereocenters. The summed E-state index contributed by atoms with van der Waals surface area (Å²) >= 11 is 0. The molecule has 0 aromatic heterocycles. The molecule has 0 spiro atoms. The molecule has 0 aliphatic heterocycles. The Morgan fingerprint density at radius 1 is 1.08 bits per heavy atom. The van der Waals surface area contributed by atoms with E-state index in [4.69, 9.17) is 10.5 Å². The highest BCUT2D eigenvalue weighted by Gasteiger charge is 2.83. The Hall–Kier alpha value is -1.54. The molecule has 0 saturated heterocycles. The van der Waals surface area contributed by atoms with E-state index in [1.807, 2.05) is 13.0 Å². The zero-order valence-corrected chi connectivity index (χ0v) is 23.8. The molecule has 5 N–H and O–H groups in total. The molecule has 0 heterocycles. The Bertz CT molecular complexity index is 1170. The molecule has 0 amide bonds. The molecule has 7 nitrogen and oxygen atoms in total. The smallest absolute Gasteiger partial charge is 0.324 e. The third-order valence-corrected chi connectivity index (χ3v) is 13.2. The lowest BCUT2D eigenvalue weighted by atomic mass is 9.48. The number of ether oxygens (including phenoxy) is 1. The maximum atomic E-state index is 13.9. The summed E-state index contributed by atoms with van der Waals surface area (Å²) in [7, 11) is 0. The van der Waals surface area contributed by atoms with Crippen LogP contribution in [0, 0.1) is 52.3 Å². The molecule has 7 heteroatoms. The van der Waals surface area contributed by atoms with Gasteiger partial charge in [0.15, 0.2) is 5.78 Å². The lowest BCUT2D eigenvalue weighted by molar-refractivity contribution is -0.191. The van der Waals surface area contributed by atoms with E-state index in [-0.39, 0.29) is 42.0 Å².